The van der Waals surface area contributed by atoms with E-state index in [2.05, 4.69) is 10.3 Å². The lowest BCUT2D eigenvalue weighted by molar-refractivity contribution is 0.0909. The molecule has 7 heteroatoms. The predicted octanol–water partition coefficient (Wildman–Crippen LogP) is 2.82. The van der Waals surface area contributed by atoms with Gasteiger partial charge in [0.15, 0.2) is 11.4 Å². The van der Waals surface area contributed by atoms with Crippen LogP contribution in [0.3, 0.4) is 0 Å². The molecule has 0 aliphatic rings. The Labute approximate surface area is 155 Å². The van der Waals surface area contributed by atoms with E-state index >= 15 is 0 Å². The molecule has 4 aromatic rings. The van der Waals surface area contributed by atoms with E-state index in [4.69, 9.17) is 4.42 Å². The van der Waals surface area contributed by atoms with Crippen LogP contribution in [0.1, 0.15) is 36.6 Å². The number of furan rings is 1. The van der Waals surface area contributed by atoms with Crippen molar-refractivity contribution in [2.75, 3.05) is 0 Å². The molecule has 0 fully saturated rings. The van der Waals surface area contributed by atoms with Gasteiger partial charge in [-0.3, -0.25) is 14.2 Å². The van der Waals surface area contributed by atoms with Crippen LogP contribution in [0.25, 0.3) is 16.7 Å². The molecule has 7 nitrogen and oxygen atoms in total. The van der Waals surface area contributed by atoms with Gasteiger partial charge >= 0.3 is 0 Å². The first-order valence-corrected chi connectivity index (χ1v) is 8.92. The van der Waals surface area contributed by atoms with Crippen molar-refractivity contribution in [2.45, 2.75) is 32.9 Å². The van der Waals surface area contributed by atoms with Crippen LogP contribution in [0, 0.1) is 0 Å². The van der Waals surface area contributed by atoms with Crippen LogP contribution in [-0.2, 0) is 6.54 Å². The number of rotatable bonds is 5. The minimum atomic E-state index is -0.257. The van der Waals surface area contributed by atoms with Gasteiger partial charge in [-0.2, -0.15) is 0 Å². The van der Waals surface area contributed by atoms with Crippen LogP contribution in [0.5, 0.6) is 0 Å². The third kappa shape index (κ3) is 3.01. The van der Waals surface area contributed by atoms with E-state index in [9.17, 15) is 9.59 Å². The molecule has 1 amide bonds. The molecule has 0 aromatic carbocycles. The molecule has 0 aliphatic heterocycles. The van der Waals surface area contributed by atoms with Gasteiger partial charge in [0.2, 0.25) is 0 Å². The summed E-state index contributed by atoms with van der Waals surface area (Å²) in [5.74, 6) is 0.501. The molecule has 0 aliphatic carbocycles. The largest absolute Gasteiger partial charge is 0.454 e. The molecule has 1 atom stereocenters. The van der Waals surface area contributed by atoms with Crippen molar-refractivity contribution < 1.29 is 9.21 Å². The van der Waals surface area contributed by atoms with E-state index in [0.29, 0.717) is 16.9 Å². The maximum absolute atomic E-state index is 12.9. The van der Waals surface area contributed by atoms with Crippen LogP contribution >= 0.6 is 0 Å². The van der Waals surface area contributed by atoms with E-state index in [1.165, 1.54) is 0 Å². The molecule has 1 N–H and O–H groups in total. The number of hydrogen-bond donors (Lipinski definition) is 1. The Morgan fingerprint density at radius 3 is 2.85 bits per heavy atom. The zero-order valence-electron chi connectivity index (χ0n) is 15.2. The van der Waals surface area contributed by atoms with Crippen molar-refractivity contribution in [3.8, 4) is 0 Å². The average molecular weight is 364 g/mol. The van der Waals surface area contributed by atoms with Gasteiger partial charge in [0.05, 0.1) is 12.1 Å². The fraction of sp³-hybridized carbons (Fsp3) is 0.250. The van der Waals surface area contributed by atoms with Crippen LogP contribution in [0.2, 0.25) is 0 Å². The first-order chi connectivity index (χ1) is 13.1. The molecule has 0 saturated carbocycles. The molecule has 0 saturated heterocycles. The first kappa shape index (κ1) is 17.1. The maximum Gasteiger partial charge on any atom is 0.287 e. The van der Waals surface area contributed by atoms with Gasteiger partial charge in [-0.15, -0.1) is 0 Å². The number of amides is 1. The highest BCUT2D eigenvalue weighted by Gasteiger charge is 2.16. The molecule has 4 rings (SSSR count). The highest BCUT2D eigenvalue weighted by Crippen LogP contribution is 2.16. The third-order valence-corrected chi connectivity index (χ3v) is 4.68. The van der Waals surface area contributed by atoms with Crippen molar-refractivity contribution in [1.29, 1.82) is 0 Å². The number of nitrogens with one attached hydrogen (secondary N) is 1. The Morgan fingerprint density at radius 1 is 1.22 bits per heavy atom. The standard InChI is InChI=1S/C20H20N4O3/c1-3-13(2)22-19(25)17-9-8-14(27-17)12-24-18-15(6-4-10-21-18)23-11-5-7-16(23)20(24)26/h4-11,13H,3,12H2,1-2H3,(H,22,25). The second-order valence-electron chi connectivity index (χ2n) is 6.55. The topological polar surface area (TPSA) is 81.5 Å². The van der Waals surface area contributed by atoms with Crippen molar-refractivity contribution in [2.24, 2.45) is 0 Å². The Hall–Kier alpha value is -3.35. The smallest absolute Gasteiger partial charge is 0.287 e. The third-order valence-electron chi connectivity index (χ3n) is 4.68. The highest BCUT2D eigenvalue weighted by atomic mass is 16.4. The summed E-state index contributed by atoms with van der Waals surface area (Å²) in [4.78, 5) is 29.5. The molecule has 27 heavy (non-hydrogen) atoms. The number of carbonyl (C=O) groups excluding carboxylic acids is 1. The zero-order chi connectivity index (χ0) is 19.0. The lowest BCUT2D eigenvalue weighted by Gasteiger charge is -2.11. The lowest BCUT2D eigenvalue weighted by atomic mass is 10.2. The van der Waals surface area contributed by atoms with Crippen molar-refractivity contribution in [1.82, 2.24) is 19.3 Å². The summed E-state index contributed by atoms with van der Waals surface area (Å²) >= 11 is 0. The lowest BCUT2D eigenvalue weighted by Crippen LogP contribution is -2.31. The summed E-state index contributed by atoms with van der Waals surface area (Å²) in [6, 6.07) is 10.8. The number of carbonyl (C=O) groups is 1. The normalized spacial score (nSPS) is 12.5. The maximum atomic E-state index is 12.9. The van der Waals surface area contributed by atoms with Crippen molar-refractivity contribution in [3.05, 3.63) is 70.7 Å². The van der Waals surface area contributed by atoms with Crippen LogP contribution in [0.15, 0.2) is 58.0 Å². The summed E-state index contributed by atoms with van der Waals surface area (Å²) in [5.41, 5.74) is 1.80. The Morgan fingerprint density at radius 2 is 2.04 bits per heavy atom. The van der Waals surface area contributed by atoms with Gasteiger partial charge in [0.1, 0.15) is 11.3 Å². The minimum Gasteiger partial charge on any atom is -0.454 e. The highest BCUT2D eigenvalue weighted by molar-refractivity contribution is 5.91. The van der Waals surface area contributed by atoms with Crippen LogP contribution in [0.4, 0.5) is 0 Å². The summed E-state index contributed by atoms with van der Waals surface area (Å²) in [6.07, 6.45) is 4.33. The van der Waals surface area contributed by atoms with Gasteiger partial charge in [-0.05, 0) is 49.7 Å². The molecular formula is C20H20N4O3. The van der Waals surface area contributed by atoms with Crippen molar-refractivity contribution in [3.63, 3.8) is 0 Å². The number of nitrogens with zero attached hydrogens (tertiary/aromatic N) is 3. The summed E-state index contributed by atoms with van der Waals surface area (Å²) in [7, 11) is 0. The number of pyridine rings is 1. The molecule has 0 spiro atoms. The molecular weight excluding hydrogens is 344 g/mol. The summed E-state index contributed by atoms with van der Waals surface area (Å²) in [5, 5.41) is 2.87. The van der Waals surface area contributed by atoms with Crippen LogP contribution < -0.4 is 10.9 Å². The molecule has 0 radical (unpaired) electrons. The van der Waals surface area contributed by atoms with E-state index in [1.54, 1.807) is 29.0 Å². The fourth-order valence-corrected chi connectivity index (χ4v) is 3.07. The Balaban J connectivity index is 1.73. The average Bonchev–Trinajstić information content (AvgIpc) is 3.35. The van der Waals surface area contributed by atoms with E-state index < -0.39 is 0 Å². The monoisotopic (exact) mass is 364 g/mol. The molecule has 4 heterocycles. The van der Waals surface area contributed by atoms with E-state index in [-0.39, 0.29) is 29.8 Å². The molecule has 0 bridgehead atoms. The second-order valence-corrected chi connectivity index (χ2v) is 6.55. The Kier molecular flexibility index (Phi) is 4.27. The van der Waals surface area contributed by atoms with Gasteiger partial charge in [-0.1, -0.05) is 6.92 Å². The Bertz CT molecular complexity index is 1180. The first-order valence-electron chi connectivity index (χ1n) is 8.92. The minimum absolute atomic E-state index is 0.0681. The predicted molar refractivity (Wildman–Crippen MR) is 102 cm³/mol. The summed E-state index contributed by atoms with van der Waals surface area (Å²) in [6.45, 7) is 4.14. The van der Waals surface area contributed by atoms with Crippen molar-refractivity contribution >= 4 is 22.6 Å². The van der Waals surface area contributed by atoms with Gasteiger partial charge in [-0.25, -0.2) is 4.98 Å². The van der Waals surface area contributed by atoms with E-state index in [0.717, 1.165) is 11.9 Å². The van der Waals surface area contributed by atoms with Gasteiger partial charge in [0, 0.05) is 18.4 Å². The number of hydrogen-bond acceptors (Lipinski definition) is 4. The number of aromatic nitrogens is 3. The molecule has 138 valence electrons. The summed E-state index contributed by atoms with van der Waals surface area (Å²) < 4.78 is 9.08. The zero-order valence-corrected chi connectivity index (χ0v) is 15.2. The SMILES string of the molecule is CCC(C)NC(=O)c1ccc(Cn2c(=O)c3cccn3c3cccnc32)o1. The van der Waals surface area contributed by atoms with Gasteiger partial charge < -0.3 is 14.1 Å². The molecule has 4 aromatic heterocycles. The quantitative estimate of drug-likeness (QED) is 0.590. The van der Waals surface area contributed by atoms with Crippen LogP contribution in [-0.4, -0.2) is 25.9 Å². The number of fused-ring (bicyclic) bond motifs is 3. The second kappa shape index (κ2) is 6.75. The van der Waals surface area contributed by atoms with E-state index in [1.807, 2.05) is 42.6 Å². The fourth-order valence-electron chi connectivity index (χ4n) is 3.07. The van der Waals surface area contributed by atoms with Gasteiger partial charge in [0.25, 0.3) is 11.5 Å². The molecule has 1 unspecified atom stereocenters.